The summed E-state index contributed by atoms with van der Waals surface area (Å²) in [5.74, 6) is 0.652. The monoisotopic (exact) mass is 395 g/mol. The first-order chi connectivity index (χ1) is 14.2. The molecule has 2 amide bonds. The average Bonchev–Trinajstić information content (AvgIpc) is 3.46. The fourth-order valence-electron chi connectivity index (χ4n) is 5.02. The van der Waals surface area contributed by atoms with E-state index < -0.39 is 0 Å². The zero-order valence-electron chi connectivity index (χ0n) is 17.4. The highest BCUT2D eigenvalue weighted by Gasteiger charge is 2.58. The Morgan fingerprint density at radius 1 is 1.17 bits per heavy atom. The van der Waals surface area contributed by atoms with Crippen LogP contribution < -0.4 is 5.32 Å². The number of amides is 2. The van der Waals surface area contributed by atoms with Crippen LogP contribution in [0.2, 0.25) is 0 Å². The van der Waals surface area contributed by atoms with Crippen molar-refractivity contribution < 1.29 is 9.59 Å². The number of nitrogens with zero attached hydrogens (tertiary/aromatic N) is 2. The van der Waals surface area contributed by atoms with Crippen LogP contribution in [0.3, 0.4) is 0 Å². The number of rotatable bonds is 7. The zero-order valence-corrected chi connectivity index (χ0v) is 17.4. The number of carbonyl (C=O) groups is 2. The summed E-state index contributed by atoms with van der Waals surface area (Å²) in [4.78, 5) is 31.2. The summed E-state index contributed by atoms with van der Waals surface area (Å²) >= 11 is 0. The Morgan fingerprint density at radius 3 is 2.69 bits per heavy atom. The van der Waals surface area contributed by atoms with Gasteiger partial charge >= 0.3 is 0 Å². The molecule has 0 aromatic carbocycles. The second kappa shape index (κ2) is 9.10. The van der Waals surface area contributed by atoms with Gasteiger partial charge in [0.1, 0.15) is 0 Å². The minimum atomic E-state index is 0.154. The third-order valence-corrected chi connectivity index (χ3v) is 7.07. The number of nitrogens with one attached hydrogen (secondary N) is 1. The molecule has 1 aromatic heterocycles. The van der Waals surface area contributed by atoms with Gasteiger partial charge in [0.2, 0.25) is 11.8 Å². The smallest absolute Gasteiger partial charge is 0.226 e. The zero-order chi connectivity index (χ0) is 20.1. The molecule has 1 atom stereocenters. The van der Waals surface area contributed by atoms with Crippen molar-refractivity contribution in [2.75, 3.05) is 19.6 Å². The molecule has 0 bridgehead atoms. The molecule has 0 unspecified atom stereocenters. The molecule has 2 fully saturated rings. The van der Waals surface area contributed by atoms with Gasteiger partial charge in [0, 0.05) is 44.4 Å². The normalized spacial score (nSPS) is 22.8. The van der Waals surface area contributed by atoms with E-state index in [1.54, 1.807) is 0 Å². The Labute approximate surface area is 174 Å². The molecule has 29 heavy (non-hydrogen) atoms. The van der Waals surface area contributed by atoms with Gasteiger partial charge in [0.15, 0.2) is 0 Å². The minimum Gasteiger partial charge on any atom is -0.356 e. The Hall–Kier alpha value is -2.17. The summed E-state index contributed by atoms with van der Waals surface area (Å²) in [6, 6.07) is 4.05. The number of aryl methyl sites for hydroxylation is 1. The van der Waals surface area contributed by atoms with Crippen LogP contribution in [-0.4, -0.2) is 41.3 Å². The molecule has 3 aliphatic rings. The van der Waals surface area contributed by atoms with Crippen molar-refractivity contribution in [3.05, 3.63) is 41.7 Å². The third kappa shape index (κ3) is 5.06. The highest BCUT2D eigenvalue weighted by Crippen LogP contribution is 2.59. The third-order valence-electron chi connectivity index (χ3n) is 7.07. The van der Waals surface area contributed by atoms with E-state index in [0.29, 0.717) is 6.42 Å². The quantitative estimate of drug-likeness (QED) is 0.566. The van der Waals surface area contributed by atoms with E-state index in [4.69, 9.17) is 0 Å². The molecular formula is C24H33N3O2. The Bertz CT molecular complexity index is 751. The Kier molecular flexibility index (Phi) is 6.31. The van der Waals surface area contributed by atoms with Crippen LogP contribution in [0.15, 0.2) is 36.2 Å². The van der Waals surface area contributed by atoms with Crippen molar-refractivity contribution in [2.45, 2.75) is 64.2 Å². The fraction of sp³-hybridized carbons (Fsp3) is 0.625. The molecule has 2 aliphatic carbocycles. The van der Waals surface area contributed by atoms with Crippen molar-refractivity contribution >= 4 is 11.8 Å². The molecule has 156 valence electrons. The van der Waals surface area contributed by atoms with E-state index >= 15 is 0 Å². The first-order valence-corrected chi connectivity index (χ1v) is 11.3. The van der Waals surface area contributed by atoms with E-state index in [1.807, 2.05) is 29.4 Å². The highest BCUT2D eigenvalue weighted by molar-refractivity contribution is 5.83. The van der Waals surface area contributed by atoms with Crippen molar-refractivity contribution in [3.63, 3.8) is 0 Å². The maximum atomic E-state index is 12.6. The number of hydrogen-bond acceptors (Lipinski definition) is 3. The van der Waals surface area contributed by atoms with E-state index in [9.17, 15) is 9.59 Å². The predicted octanol–water partition coefficient (Wildman–Crippen LogP) is 3.65. The summed E-state index contributed by atoms with van der Waals surface area (Å²) in [6.07, 6.45) is 16.1. The maximum absolute atomic E-state index is 12.6. The second-order valence-electron chi connectivity index (χ2n) is 9.03. The molecule has 5 nitrogen and oxygen atoms in total. The molecule has 2 heterocycles. The van der Waals surface area contributed by atoms with E-state index in [2.05, 4.69) is 16.4 Å². The number of aromatic nitrogens is 1. The lowest BCUT2D eigenvalue weighted by molar-refractivity contribution is -0.132. The van der Waals surface area contributed by atoms with Crippen LogP contribution >= 0.6 is 0 Å². The van der Waals surface area contributed by atoms with Crippen LogP contribution in [0.25, 0.3) is 0 Å². The Balaban J connectivity index is 1.16. The molecule has 1 aliphatic heterocycles. The molecule has 1 spiro atoms. The van der Waals surface area contributed by atoms with Gasteiger partial charge in [-0.1, -0.05) is 11.6 Å². The standard InChI is InChI=1S/C24H33N3O2/c28-22(17-20-5-2-1-3-6-20)27-15-10-24(11-16-27)18-21(24)23(29)26-12-4-7-19-8-13-25-14-9-19/h5,8-9,13-14,21H,1-4,6-7,10-12,15-18H2,(H,26,29)/t21-/m0/s1. The number of allylic oxidation sites excluding steroid dienone is 1. The fourth-order valence-corrected chi connectivity index (χ4v) is 5.02. The van der Waals surface area contributed by atoms with Crippen LogP contribution in [0.4, 0.5) is 0 Å². The van der Waals surface area contributed by atoms with E-state index in [0.717, 1.165) is 64.6 Å². The van der Waals surface area contributed by atoms with Gasteiger partial charge in [-0.2, -0.15) is 0 Å². The van der Waals surface area contributed by atoms with Gasteiger partial charge in [-0.15, -0.1) is 0 Å². The number of carbonyl (C=O) groups excluding carboxylic acids is 2. The molecule has 5 heteroatoms. The molecule has 1 N–H and O–H groups in total. The van der Waals surface area contributed by atoms with Gasteiger partial charge in [0.25, 0.3) is 0 Å². The summed E-state index contributed by atoms with van der Waals surface area (Å²) in [6.45, 7) is 2.36. The van der Waals surface area contributed by atoms with E-state index in [1.165, 1.54) is 24.0 Å². The second-order valence-corrected chi connectivity index (χ2v) is 9.03. The predicted molar refractivity (Wildman–Crippen MR) is 113 cm³/mol. The molecule has 1 aromatic rings. The SMILES string of the molecule is O=C(NCCCc1ccncc1)[C@@H]1CC12CCN(C(=O)CC1=CCCCC1)CC2. The minimum absolute atomic E-state index is 0.154. The lowest BCUT2D eigenvalue weighted by atomic mass is 9.90. The summed E-state index contributed by atoms with van der Waals surface area (Å²) in [7, 11) is 0. The Morgan fingerprint density at radius 2 is 1.97 bits per heavy atom. The molecular weight excluding hydrogens is 362 g/mol. The first kappa shape index (κ1) is 20.1. The van der Waals surface area contributed by atoms with Gasteiger partial charge in [0.05, 0.1) is 0 Å². The van der Waals surface area contributed by atoms with Crippen molar-refractivity contribution in [1.29, 1.82) is 0 Å². The van der Waals surface area contributed by atoms with E-state index in [-0.39, 0.29) is 23.1 Å². The molecule has 1 saturated carbocycles. The van der Waals surface area contributed by atoms with Gasteiger partial charge in [-0.05, 0) is 80.9 Å². The number of pyridine rings is 1. The number of piperidine rings is 1. The maximum Gasteiger partial charge on any atom is 0.226 e. The molecule has 0 radical (unpaired) electrons. The van der Waals surface area contributed by atoms with Gasteiger partial charge in [-0.25, -0.2) is 0 Å². The highest BCUT2D eigenvalue weighted by atomic mass is 16.2. The topological polar surface area (TPSA) is 62.3 Å². The van der Waals surface area contributed by atoms with Crippen molar-refractivity contribution in [2.24, 2.45) is 11.3 Å². The van der Waals surface area contributed by atoms with Gasteiger partial charge < -0.3 is 10.2 Å². The van der Waals surface area contributed by atoms with Gasteiger partial charge in [-0.3, -0.25) is 14.6 Å². The molecule has 1 saturated heterocycles. The van der Waals surface area contributed by atoms with Crippen molar-refractivity contribution in [1.82, 2.24) is 15.2 Å². The largest absolute Gasteiger partial charge is 0.356 e. The molecule has 4 rings (SSSR count). The lowest BCUT2D eigenvalue weighted by Gasteiger charge is -2.33. The number of hydrogen-bond donors (Lipinski definition) is 1. The first-order valence-electron chi connectivity index (χ1n) is 11.3. The summed E-state index contributed by atoms with van der Waals surface area (Å²) < 4.78 is 0. The number of likely N-dealkylation sites (tertiary alicyclic amines) is 1. The van der Waals surface area contributed by atoms with Crippen LogP contribution in [0.5, 0.6) is 0 Å². The van der Waals surface area contributed by atoms with Crippen LogP contribution in [-0.2, 0) is 16.0 Å². The van der Waals surface area contributed by atoms with Crippen LogP contribution in [0.1, 0.15) is 63.4 Å². The van der Waals surface area contributed by atoms with Crippen molar-refractivity contribution in [3.8, 4) is 0 Å². The summed E-state index contributed by atoms with van der Waals surface area (Å²) in [5, 5.41) is 3.13. The lowest BCUT2D eigenvalue weighted by Crippen LogP contribution is -2.40. The van der Waals surface area contributed by atoms with Crippen LogP contribution in [0, 0.1) is 11.3 Å². The average molecular weight is 396 g/mol. The summed E-state index contributed by atoms with van der Waals surface area (Å²) in [5.41, 5.74) is 2.76.